The summed E-state index contributed by atoms with van der Waals surface area (Å²) >= 11 is 6.04. The number of alkyl halides is 3. The van der Waals surface area contributed by atoms with Crippen molar-refractivity contribution in [1.29, 1.82) is 0 Å². The van der Waals surface area contributed by atoms with E-state index in [4.69, 9.17) is 11.6 Å². The Hall–Kier alpha value is -2.28. The molecule has 1 unspecified atom stereocenters. The van der Waals surface area contributed by atoms with Gasteiger partial charge in [-0.1, -0.05) is 38.4 Å². The van der Waals surface area contributed by atoms with Crippen LogP contribution in [0.5, 0.6) is 0 Å². The van der Waals surface area contributed by atoms with Crippen LogP contribution < -0.4 is 5.32 Å². The summed E-state index contributed by atoms with van der Waals surface area (Å²) in [6.45, 7) is 4.77. The Bertz CT molecular complexity index is 923. The van der Waals surface area contributed by atoms with Crippen LogP contribution in [0.3, 0.4) is 0 Å². The van der Waals surface area contributed by atoms with Crippen LogP contribution >= 0.6 is 11.6 Å². The monoisotopic (exact) mass is 439 g/mol. The maximum atomic E-state index is 13.8. The van der Waals surface area contributed by atoms with E-state index in [1.807, 2.05) is 18.2 Å². The zero-order valence-electron chi connectivity index (χ0n) is 17.3. The lowest BCUT2D eigenvalue weighted by Crippen LogP contribution is -2.44. The van der Waals surface area contributed by atoms with E-state index in [0.29, 0.717) is 10.7 Å². The van der Waals surface area contributed by atoms with E-state index >= 15 is 0 Å². The van der Waals surface area contributed by atoms with Gasteiger partial charge in [0.2, 0.25) is 5.91 Å². The number of benzene rings is 1. The first-order valence-corrected chi connectivity index (χ1v) is 10.1. The van der Waals surface area contributed by atoms with Gasteiger partial charge in [-0.25, -0.2) is 0 Å². The van der Waals surface area contributed by atoms with Crippen LogP contribution in [0, 0.1) is 5.41 Å². The predicted molar refractivity (Wildman–Crippen MR) is 112 cm³/mol. The molecule has 0 aliphatic heterocycles. The van der Waals surface area contributed by atoms with Crippen LogP contribution in [0.1, 0.15) is 43.6 Å². The van der Waals surface area contributed by atoms with Crippen LogP contribution in [0.25, 0.3) is 0 Å². The minimum atomic E-state index is -4.63. The van der Waals surface area contributed by atoms with Crippen LogP contribution in [-0.2, 0) is 17.6 Å². The molecular weight excluding hydrogens is 415 g/mol. The molecule has 0 saturated carbocycles. The fraction of sp³-hybridized carbons (Fsp3) is 0.455. The van der Waals surface area contributed by atoms with E-state index in [1.54, 1.807) is 26.8 Å². The number of nitrogens with one attached hydrogen (secondary N) is 1. The Morgan fingerprint density at radius 2 is 1.83 bits per heavy atom. The number of amides is 1. The number of halogens is 4. The summed E-state index contributed by atoms with van der Waals surface area (Å²) in [5, 5.41) is 4.01. The summed E-state index contributed by atoms with van der Waals surface area (Å²) in [4.78, 5) is 17.2. The van der Waals surface area contributed by atoms with Crippen molar-refractivity contribution in [1.82, 2.24) is 9.88 Å². The van der Waals surface area contributed by atoms with E-state index < -0.39 is 23.5 Å². The van der Waals surface area contributed by atoms with Crippen molar-refractivity contribution in [2.75, 3.05) is 12.4 Å². The molecule has 1 aliphatic rings. The van der Waals surface area contributed by atoms with Gasteiger partial charge in [-0.2, -0.15) is 13.2 Å². The maximum absolute atomic E-state index is 13.8. The Morgan fingerprint density at radius 3 is 2.40 bits per heavy atom. The van der Waals surface area contributed by atoms with Gasteiger partial charge in [-0.15, -0.1) is 0 Å². The van der Waals surface area contributed by atoms with Gasteiger partial charge < -0.3 is 10.2 Å². The fourth-order valence-electron chi connectivity index (χ4n) is 3.81. The van der Waals surface area contributed by atoms with Gasteiger partial charge in [0.05, 0.1) is 17.6 Å². The highest BCUT2D eigenvalue weighted by Gasteiger charge is 2.47. The first kappa shape index (κ1) is 22.4. The Morgan fingerprint density at radius 1 is 1.17 bits per heavy atom. The topological polar surface area (TPSA) is 45.2 Å². The normalized spacial score (nSPS) is 17.4. The Labute approximate surface area is 179 Å². The number of anilines is 1. The summed E-state index contributed by atoms with van der Waals surface area (Å²) < 4.78 is 41.3. The molecule has 1 aromatic heterocycles. The number of rotatable bonds is 4. The van der Waals surface area contributed by atoms with Crippen molar-refractivity contribution < 1.29 is 18.0 Å². The molecule has 1 aromatic carbocycles. The molecule has 1 N–H and O–H groups in total. The van der Waals surface area contributed by atoms with Gasteiger partial charge >= 0.3 is 6.18 Å². The molecule has 1 heterocycles. The summed E-state index contributed by atoms with van der Waals surface area (Å²) in [6, 6.07) is 6.71. The van der Waals surface area contributed by atoms with Crippen LogP contribution in [0.15, 0.2) is 36.5 Å². The molecule has 0 radical (unpaired) electrons. The molecule has 30 heavy (non-hydrogen) atoms. The molecule has 2 atom stereocenters. The predicted octanol–water partition coefficient (Wildman–Crippen LogP) is 5.42. The second kappa shape index (κ2) is 8.10. The molecule has 1 amide bonds. The summed E-state index contributed by atoms with van der Waals surface area (Å²) in [7, 11) is 1.17. The summed E-state index contributed by atoms with van der Waals surface area (Å²) in [5.74, 6) is -0.601. The van der Waals surface area contributed by atoms with Crippen molar-refractivity contribution in [2.24, 2.45) is 5.41 Å². The molecule has 0 fully saturated rings. The van der Waals surface area contributed by atoms with E-state index in [0.717, 1.165) is 17.7 Å². The maximum Gasteiger partial charge on any atom is 0.414 e. The number of aromatic nitrogens is 1. The first-order valence-electron chi connectivity index (χ1n) is 9.70. The third kappa shape index (κ3) is 4.89. The van der Waals surface area contributed by atoms with E-state index in [9.17, 15) is 18.0 Å². The van der Waals surface area contributed by atoms with Gasteiger partial charge in [0.1, 0.15) is 0 Å². The number of fused-ring (bicyclic) bond motifs is 1. The molecule has 2 aromatic rings. The number of nitrogens with zero attached hydrogens (tertiary/aromatic N) is 2. The fourth-order valence-corrected chi connectivity index (χ4v) is 4.00. The molecule has 3 rings (SSSR count). The second-order valence-electron chi connectivity index (χ2n) is 8.74. The standard InChI is InChI=1S/C22H25ClF3N3O/c1-21(2,3)20(30)29(4)19(22(24,25)26)18-8-7-16(12-27-18)28-17-10-13-5-6-15(23)9-14(13)11-17/h5-9,12,17,19,28H,10-11H2,1-4H3/t17-,19?/m0/s1. The lowest BCUT2D eigenvalue weighted by molar-refractivity contribution is -0.192. The summed E-state index contributed by atoms with van der Waals surface area (Å²) in [5.41, 5.74) is 1.87. The molecule has 162 valence electrons. The van der Waals surface area contributed by atoms with Crippen LogP contribution in [0.4, 0.5) is 18.9 Å². The Balaban J connectivity index is 1.75. The lowest BCUT2D eigenvalue weighted by atomic mass is 9.93. The van der Waals surface area contributed by atoms with E-state index in [-0.39, 0.29) is 11.7 Å². The minimum Gasteiger partial charge on any atom is -0.380 e. The number of carbonyl (C=O) groups excluding carboxylic acids is 1. The highest BCUT2D eigenvalue weighted by molar-refractivity contribution is 6.30. The average Bonchev–Trinajstić information content (AvgIpc) is 3.02. The third-order valence-electron chi connectivity index (χ3n) is 5.20. The smallest absolute Gasteiger partial charge is 0.380 e. The first-order chi connectivity index (χ1) is 13.9. The van der Waals surface area contributed by atoms with Gasteiger partial charge in [-0.05, 0) is 48.2 Å². The largest absolute Gasteiger partial charge is 0.414 e. The molecule has 0 spiro atoms. The van der Waals surface area contributed by atoms with Crippen molar-refractivity contribution in [3.63, 3.8) is 0 Å². The second-order valence-corrected chi connectivity index (χ2v) is 9.18. The Kier molecular flexibility index (Phi) is 6.05. The number of hydrogen-bond donors (Lipinski definition) is 1. The zero-order valence-corrected chi connectivity index (χ0v) is 18.1. The highest BCUT2D eigenvalue weighted by Crippen LogP contribution is 2.38. The number of carbonyl (C=O) groups is 1. The quantitative estimate of drug-likeness (QED) is 0.691. The molecule has 1 aliphatic carbocycles. The minimum absolute atomic E-state index is 0.120. The number of pyridine rings is 1. The highest BCUT2D eigenvalue weighted by atomic mass is 35.5. The lowest BCUT2D eigenvalue weighted by Gasteiger charge is -2.33. The van der Waals surface area contributed by atoms with Crippen LogP contribution in [-0.4, -0.2) is 35.1 Å². The van der Waals surface area contributed by atoms with Gasteiger partial charge in [-0.3, -0.25) is 9.78 Å². The van der Waals surface area contributed by atoms with Gasteiger partial charge in [0.15, 0.2) is 6.04 Å². The van der Waals surface area contributed by atoms with E-state index in [2.05, 4.69) is 10.3 Å². The third-order valence-corrected chi connectivity index (χ3v) is 5.43. The zero-order chi connectivity index (χ0) is 22.3. The molecular formula is C22H25ClF3N3O. The summed E-state index contributed by atoms with van der Waals surface area (Å²) in [6.07, 6.45) is -1.66. The van der Waals surface area contributed by atoms with Crippen LogP contribution in [0.2, 0.25) is 5.02 Å². The molecule has 0 bridgehead atoms. The van der Waals surface area contributed by atoms with Gasteiger partial charge in [0.25, 0.3) is 0 Å². The average molecular weight is 440 g/mol. The molecule has 8 heteroatoms. The number of hydrogen-bond acceptors (Lipinski definition) is 3. The molecule has 0 saturated heterocycles. The molecule has 4 nitrogen and oxygen atoms in total. The van der Waals surface area contributed by atoms with E-state index in [1.165, 1.54) is 30.4 Å². The van der Waals surface area contributed by atoms with Gasteiger partial charge in [0, 0.05) is 23.5 Å². The van der Waals surface area contributed by atoms with Crippen molar-refractivity contribution in [3.05, 3.63) is 58.4 Å². The van der Waals surface area contributed by atoms with Crippen molar-refractivity contribution >= 4 is 23.2 Å². The SMILES string of the molecule is CN(C(=O)C(C)(C)C)C(c1ccc(N[C@H]2Cc3ccc(Cl)cc3C2)cn1)C(F)(F)F. The van der Waals surface area contributed by atoms with Crippen molar-refractivity contribution in [2.45, 2.75) is 51.9 Å². The van der Waals surface area contributed by atoms with Crippen molar-refractivity contribution in [3.8, 4) is 0 Å².